The number of nitrogens with one attached hydrogen (secondary N) is 1. The third-order valence-corrected chi connectivity index (χ3v) is 6.74. The number of nitrogens with zero attached hydrogens (tertiary/aromatic N) is 5. The number of alkyl halides is 4. The molecule has 3 aromatic carbocycles. The van der Waals surface area contributed by atoms with Crippen LogP contribution in [-0.2, 0) is 18.7 Å². The fourth-order valence-corrected chi connectivity index (χ4v) is 4.38. The predicted molar refractivity (Wildman–Crippen MR) is 156 cm³/mol. The second-order valence-corrected chi connectivity index (χ2v) is 10.3. The molecule has 0 fully saturated rings. The molecule has 5 aromatic rings. The highest BCUT2D eigenvalue weighted by Gasteiger charge is 2.41. The number of aromatic nitrogens is 5. The number of aliphatic hydroxyl groups is 1. The van der Waals surface area contributed by atoms with Gasteiger partial charge in [-0.25, -0.2) is 27.2 Å². The van der Waals surface area contributed by atoms with E-state index in [0.717, 1.165) is 12.1 Å². The first kappa shape index (κ1) is 32.8. The lowest BCUT2D eigenvalue weighted by Gasteiger charge is -2.28. The number of rotatable bonds is 11. The number of carbonyl (C=O) groups excluding carboxylic acids is 1. The molecule has 0 saturated heterocycles. The van der Waals surface area contributed by atoms with E-state index >= 15 is 0 Å². The van der Waals surface area contributed by atoms with Crippen molar-refractivity contribution in [3.8, 4) is 17.6 Å². The molecule has 0 aliphatic rings. The van der Waals surface area contributed by atoms with Crippen LogP contribution in [-0.4, -0.2) is 54.5 Å². The molecule has 0 spiro atoms. The number of anilines is 1. The van der Waals surface area contributed by atoms with Gasteiger partial charge in [-0.05, 0) is 54.6 Å². The number of hydrogen-bond acceptors (Lipinski definition) is 6. The normalized spacial score (nSPS) is 12.7. The molecule has 5 rings (SSSR count). The van der Waals surface area contributed by atoms with E-state index < -0.39 is 42.1 Å². The Kier molecular flexibility index (Phi) is 9.62. The zero-order valence-corrected chi connectivity index (χ0v) is 24.1. The molecule has 0 aliphatic carbocycles. The summed E-state index contributed by atoms with van der Waals surface area (Å²) in [6.45, 7) is -1.90. The van der Waals surface area contributed by atoms with Crippen molar-refractivity contribution >= 4 is 11.6 Å². The molecule has 1 atom stereocenters. The zero-order chi connectivity index (χ0) is 33.6. The molecule has 0 radical (unpaired) electrons. The summed E-state index contributed by atoms with van der Waals surface area (Å²) in [6, 6.07) is 14.5. The molecule has 1 amide bonds. The minimum absolute atomic E-state index is 0.0685. The van der Waals surface area contributed by atoms with Gasteiger partial charge in [0.2, 0.25) is 0 Å². The SMILES string of the molecule is O=C(Nc1ccc(OCC(F)(F)C(F)F)cc1)c1ccc(C#Cc2cnn(CC(O)(Cn3cncn3)c3ccc(F)cc3F)c2)cc1. The molecule has 0 saturated carbocycles. The minimum atomic E-state index is -4.29. The lowest BCUT2D eigenvalue weighted by Crippen LogP contribution is -2.37. The molecule has 242 valence electrons. The summed E-state index contributed by atoms with van der Waals surface area (Å²) in [5.74, 6) is -0.688. The van der Waals surface area contributed by atoms with Crippen LogP contribution in [0.4, 0.5) is 32.0 Å². The number of benzene rings is 3. The monoisotopic (exact) mass is 654 g/mol. The molecule has 47 heavy (non-hydrogen) atoms. The van der Waals surface area contributed by atoms with E-state index in [2.05, 4.69) is 32.3 Å². The van der Waals surface area contributed by atoms with Crippen LogP contribution in [0.1, 0.15) is 27.0 Å². The molecule has 0 aliphatic heterocycles. The van der Waals surface area contributed by atoms with Crippen molar-refractivity contribution in [1.29, 1.82) is 0 Å². The van der Waals surface area contributed by atoms with E-state index in [0.29, 0.717) is 28.4 Å². The van der Waals surface area contributed by atoms with Crippen LogP contribution >= 0.6 is 0 Å². The second kappa shape index (κ2) is 13.8. The number of amides is 1. The van der Waals surface area contributed by atoms with E-state index in [-0.39, 0.29) is 24.4 Å². The molecule has 9 nitrogen and oxygen atoms in total. The van der Waals surface area contributed by atoms with Crippen molar-refractivity contribution < 1.29 is 41.0 Å². The number of ether oxygens (including phenoxy) is 1. The van der Waals surface area contributed by atoms with Gasteiger partial charge in [0.1, 0.15) is 35.6 Å². The van der Waals surface area contributed by atoms with Crippen LogP contribution in [0.2, 0.25) is 0 Å². The molecular weight excluding hydrogens is 630 g/mol. The standard InChI is InChI=1S/C32H24F6N6O3/c33-24-7-12-27(28(34)13-24)31(46,17-44-20-39-19-41-44)16-43-15-22(14-40-43)2-1-21-3-5-23(6-4-21)29(45)42-25-8-10-26(11-9-25)47-18-32(37,38)30(35)36/h3-15,19-20,30,46H,16-18H2,(H,42,45). The first-order chi connectivity index (χ1) is 22.4. The fraction of sp³-hybridized carbons (Fsp3) is 0.188. The van der Waals surface area contributed by atoms with Gasteiger partial charge in [-0.2, -0.15) is 19.0 Å². The predicted octanol–water partition coefficient (Wildman–Crippen LogP) is 5.27. The minimum Gasteiger partial charge on any atom is -0.487 e. The van der Waals surface area contributed by atoms with Gasteiger partial charge in [0.15, 0.2) is 6.61 Å². The number of halogens is 6. The average molecular weight is 655 g/mol. The second-order valence-electron chi connectivity index (χ2n) is 10.3. The Bertz CT molecular complexity index is 1890. The Morgan fingerprint density at radius 3 is 2.30 bits per heavy atom. The van der Waals surface area contributed by atoms with Gasteiger partial charge < -0.3 is 15.2 Å². The maximum atomic E-state index is 14.7. The van der Waals surface area contributed by atoms with E-state index in [1.54, 1.807) is 18.3 Å². The molecule has 2 N–H and O–H groups in total. The van der Waals surface area contributed by atoms with Gasteiger partial charge in [0, 0.05) is 34.6 Å². The van der Waals surface area contributed by atoms with Crippen LogP contribution in [0.15, 0.2) is 91.8 Å². The van der Waals surface area contributed by atoms with Gasteiger partial charge in [-0.15, -0.1) is 0 Å². The largest absolute Gasteiger partial charge is 0.487 e. The van der Waals surface area contributed by atoms with E-state index in [4.69, 9.17) is 4.74 Å². The molecule has 1 unspecified atom stereocenters. The van der Waals surface area contributed by atoms with Crippen molar-refractivity contribution in [1.82, 2.24) is 24.5 Å². The zero-order valence-electron chi connectivity index (χ0n) is 24.1. The van der Waals surface area contributed by atoms with E-state index in [9.17, 15) is 36.2 Å². The highest BCUT2D eigenvalue weighted by molar-refractivity contribution is 6.04. The summed E-state index contributed by atoms with van der Waals surface area (Å²) < 4.78 is 86.3. The smallest absolute Gasteiger partial charge is 0.340 e. The number of carbonyl (C=O) groups is 1. The third-order valence-electron chi connectivity index (χ3n) is 6.74. The van der Waals surface area contributed by atoms with Crippen molar-refractivity contribution in [3.05, 3.63) is 126 Å². The maximum absolute atomic E-state index is 14.7. The summed E-state index contributed by atoms with van der Waals surface area (Å²) in [4.78, 5) is 16.5. The summed E-state index contributed by atoms with van der Waals surface area (Å²) >= 11 is 0. The van der Waals surface area contributed by atoms with Gasteiger partial charge in [-0.3, -0.25) is 9.48 Å². The maximum Gasteiger partial charge on any atom is 0.340 e. The Labute approximate surface area is 263 Å². The van der Waals surface area contributed by atoms with Crippen LogP contribution in [0, 0.1) is 23.5 Å². The lowest BCUT2D eigenvalue weighted by molar-refractivity contribution is -0.148. The summed E-state index contributed by atoms with van der Waals surface area (Å²) in [7, 11) is 0. The third kappa shape index (κ3) is 8.35. The quantitative estimate of drug-likeness (QED) is 0.149. The summed E-state index contributed by atoms with van der Waals surface area (Å²) in [5, 5.41) is 22.3. The Hall–Kier alpha value is -5.62. The molecule has 2 aromatic heterocycles. The van der Waals surface area contributed by atoms with Crippen molar-refractivity contribution in [2.24, 2.45) is 0 Å². The Morgan fingerprint density at radius 2 is 1.64 bits per heavy atom. The highest BCUT2D eigenvalue weighted by atomic mass is 19.3. The molecule has 0 bridgehead atoms. The van der Waals surface area contributed by atoms with Crippen LogP contribution < -0.4 is 10.1 Å². The van der Waals surface area contributed by atoms with Gasteiger partial charge in [-0.1, -0.05) is 17.9 Å². The first-order valence-corrected chi connectivity index (χ1v) is 13.8. The Balaban J connectivity index is 1.21. The Morgan fingerprint density at radius 1 is 0.936 bits per heavy atom. The average Bonchev–Trinajstić information content (AvgIpc) is 3.71. The van der Waals surface area contributed by atoms with Gasteiger partial charge in [0.05, 0.1) is 24.8 Å². The van der Waals surface area contributed by atoms with Crippen molar-refractivity contribution in [3.63, 3.8) is 0 Å². The van der Waals surface area contributed by atoms with Crippen LogP contribution in [0.25, 0.3) is 0 Å². The topological polar surface area (TPSA) is 107 Å². The van der Waals surface area contributed by atoms with E-state index in [1.165, 1.54) is 64.6 Å². The first-order valence-electron chi connectivity index (χ1n) is 13.8. The highest BCUT2D eigenvalue weighted by Crippen LogP contribution is 2.29. The fourth-order valence-electron chi connectivity index (χ4n) is 4.38. The molecular formula is C32H24F6N6O3. The lowest BCUT2D eigenvalue weighted by atomic mass is 9.93. The van der Waals surface area contributed by atoms with Crippen LogP contribution in [0.5, 0.6) is 5.75 Å². The molecule has 15 heteroatoms. The van der Waals surface area contributed by atoms with Crippen LogP contribution in [0.3, 0.4) is 0 Å². The van der Waals surface area contributed by atoms with E-state index in [1.807, 2.05) is 0 Å². The number of hydrogen-bond donors (Lipinski definition) is 2. The van der Waals surface area contributed by atoms with Gasteiger partial charge in [0.25, 0.3) is 5.91 Å². The van der Waals surface area contributed by atoms with Crippen molar-refractivity contribution in [2.45, 2.75) is 31.0 Å². The summed E-state index contributed by atoms with van der Waals surface area (Å²) in [5.41, 5.74) is -0.378. The van der Waals surface area contributed by atoms with Crippen molar-refractivity contribution in [2.75, 3.05) is 11.9 Å². The molecule has 2 heterocycles. The van der Waals surface area contributed by atoms with Gasteiger partial charge >= 0.3 is 12.3 Å². The summed E-state index contributed by atoms with van der Waals surface area (Å²) in [6.07, 6.45) is 1.76.